The molecule has 0 bridgehead atoms. The number of rotatable bonds is 10. The molecule has 0 radical (unpaired) electrons. The molecule has 2 atom stereocenters. The second-order valence-corrected chi connectivity index (χ2v) is 6.80. The van der Waals surface area contributed by atoms with Crippen LogP contribution in [0.2, 0.25) is 0 Å². The Balaban J connectivity index is 1.60. The number of allylic oxidation sites excluding steroid dienone is 2. The van der Waals surface area contributed by atoms with Gasteiger partial charge in [-0.2, -0.15) is 0 Å². The minimum absolute atomic E-state index is 0.518. The Labute approximate surface area is 153 Å². The molecule has 0 N–H and O–H groups in total. The topological polar surface area (TPSA) is 9.23 Å². The van der Waals surface area contributed by atoms with E-state index in [1.54, 1.807) is 0 Å². The van der Waals surface area contributed by atoms with Gasteiger partial charge in [-0.3, -0.25) is 0 Å². The first kappa shape index (κ1) is 19.1. The van der Waals surface area contributed by atoms with Crippen molar-refractivity contribution in [3.05, 3.63) is 96.5 Å². The normalized spacial score (nSPS) is 14.0. The van der Waals surface area contributed by atoms with Gasteiger partial charge in [0.25, 0.3) is 0 Å². The summed E-state index contributed by atoms with van der Waals surface area (Å²) >= 11 is 0. The van der Waals surface area contributed by atoms with Crippen LogP contribution >= 0.6 is 0 Å². The van der Waals surface area contributed by atoms with Crippen molar-refractivity contribution >= 4 is 0 Å². The average molecular weight is 335 g/mol. The highest BCUT2D eigenvalue weighted by Crippen LogP contribution is 2.12. The molecule has 0 aliphatic heterocycles. The number of hydrogen-bond donors (Lipinski definition) is 0. The van der Waals surface area contributed by atoms with Gasteiger partial charge in [-0.25, -0.2) is 0 Å². The van der Waals surface area contributed by atoms with E-state index in [2.05, 4.69) is 86.7 Å². The van der Waals surface area contributed by atoms with Crippen molar-refractivity contribution in [1.29, 1.82) is 0 Å². The molecule has 132 valence electrons. The van der Waals surface area contributed by atoms with E-state index < -0.39 is 0 Å². The third-order valence-corrected chi connectivity index (χ3v) is 4.43. The quantitative estimate of drug-likeness (QED) is 0.447. The molecular weight excluding hydrogens is 304 g/mol. The van der Waals surface area contributed by atoms with E-state index in [1.165, 1.54) is 11.1 Å². The molecule has 1 nitrogen and oxygen atoms in total. The maximum atomic E-state index is 5.52. The van der Waals surface area contributed by atoms with E-state index in [-0.39, 0.29) is 0 Å². The van der Waals surface area contributed by atoms with Gasteiger partial charge < -0.3 is 4.74 Å². The molecule has 2 unspecified atom stereocenters. The summed E-state index contributed by atoms with van der Waals surface area (Å²) in [5.74, 6) is 1.04. The van der Waals surface area contributed by atoms with Crippen molar-refractivity contribution in [2.24, 2.45) is 11.8 Å². The fourth-order valence-corrected chi connectivity index (χ4v) is 2.67. The van der Waals surface area contributed by atoms with Crippen LogP contribution < -0.4 is 0 Å². The number of hydrogen-bond acceptors (Lipinski definition) is 1. The van der Waals surface area contributed by atoms with Gasteiger partial charge in [0, 0.05) is 0 Å². The molecule has 25 heavy (non-hydrogen) atoms. The first-order valence-corrected chi connectivity index (χ1v) is 9.30. The third kappa shape index (κ3) is 8.39. The molecule has 0 fully saturated rings. The highest BCUT2D eigenvalue weighted by atomic mass is 16.5. The third-order valence-electron chi connectivity index (χ3n) is 4.43. The van der Waals surface area contributed by atoms with Crippen molar-refractivity contribution in [2.75, 3.05) is 0 Å². The molecular formula is C24H30O. The average Bonchev–Trinajstić information content (AvgIpc) is 2.66. The lowest BCUT2D eigenvalue weighted by Crippen LogP contribution is -1.94. The molecule has 0 heterocycles. The summed E-state index contributed by atoms with van der Waals surface area (Å²) in [4.78, 5) is 0. The zero-order valence-corrected chi connectivity index (χ0v) is 15.5. The molecule has 0 saturated heterocycles. The Hall–Kier alpha value is -2.28. The van der Waals surface area contributed by atoms with E-state index in [4.69, 9.17) is 4.74 Å². The molecule has 0 aromatic heterocycles. The molecule has 0 spiro atoms. The van der Waals surface area contributed by atoms with Crippen molar-refractivity contribution in [1.82, 2.24) is 0 Å². The van der Waals surface area contributed by atoms with Gasteiger partial charge in [-0.1, -0.05) is 74.5 Å². The first-order chi connectivity index (χ1) is 12.2. The second kappa shape index (κ2) is 11.3. The van der Waals surface area contributed by atoms with Crippen molar-refractivity contribution in [3.63, 3.8) is 0 Å². The summed E-state index contributed by atoms with van der Waals surface area (Å²) in [5.41, 5.74) is 2.80. The predicted molar refractivity (Wildman–Crippen MR) is 107 cm³/mol. The number of ether oxygens (including phenoxy) is 1. The fraction of sp³-hybridized carbons (Fsp3) is 0.333. The van der Waals surface area contributed by atoms with Gasteiger partial charge in [0.1, 0.15) is 0 Å². The molecule has 0 aliphatic carbocycles. The maximum Gasteiger partial charge on any atom is 0.0864 e. The van der Waals surface area contributed by atoms with Crippen molar-refractivity contribution < 1.29 is 4.74 Å². The van der Waals surface area contributed by atoms with Gasteiger partial charge in [-0.05, 0) is 60.8 Å². The van der Waals surface area contributed by atoms with Crippen LogP contribution in [0.1, 0.15) is 37.8 Å². The monoisotopic (exact) mass is 334 g/mol. The lowest BCUT2D eigenvalue weighted by molar-refractivity contribution is 0.390. The predicted octanol–water partition coefficient (Wildman–Crippen LogP) is 6.57. The highest BCUT2D eigenvalue weighted by Gasteiger charge is 1.99. The molecule has 2 aromatic rings. The Morgan fingerprint density at radius 1 is 0.680 bits per heavy atom. The Bertz CT molecular complexity index is 570. The minimum Gasteiger partial charge on any atom is -0.473 e. The maximum absolute atomic E-state index is 5.52. The van der Waals surface area contributed by atoms with Gasteiger partial charge in [0.15, 0.2) is 0 Å². The van der Waals surface area contributed by atoms with E-state index >= 15 is 0 Å². The van der Waals surface area contributed by atoms with Gasteiger partial charge in [0.05, 0.1) is 12.5 Å². The standard InChI is InChI=1S/C24H30O/c1-21(13-15-23-9-5-3-6-10-23)17-19-25-20-18-22(2)14-16-24-11-7-4-8-12-24/h3-12,17-22H,13-16H2,1-2H3. The summed E-state index contributed by atoms with van der Waals surface area (Å²) in [6, 6.07) is 21.3. The Morgan fingerprint density at radius 2 is 1.08 bits per heavy atom. The lowest BCUT2D eigenvalue weighted by Gasteiger charge is -2.07. The summed E-state index contributed by atoms with van der Waals surface area (Å²) < 4.78 is 5.52. The molecule has 0 amide bonds. The van der Waals surface area contributed by atoms with Gasteiger partial charge >= 0.3 is 0 Å². The van der Waals surface area contributed by atoms with Crippen molar-refractivity contribution in [3.8, 4) is 0 Å². The second-order valence-electron chi connectivity index (χ2n) is 6.80. The van der Waals surface area contributed by atoms with Crippen LogP contribution in [-0.2, 0) is 17.6 Å². The Morgan fingerprint density at radius 3 is 1.48 bits per heavy atom. The van der Waals surface area contributed by atoms with Crippen LogP contribution in [-0.4, -0.2) is 0 Å². The summed E-state index contributed by atoms with van der Waals surface area (Å²) in [6.45, 7) is 4.46. The van der Waals surface area contributed by atoms with E-state index in [9.17, 15) is 0 Å². The minimum atomic E-state index is 0.518. The van der Waals surface area contributed by atoms with Crippen LogP contribution in [0.4, 0.5) is 0 Å². The van der Waals surface area contributed by atoms with Crippen LogP contribution in [0.3, 0.4) is 0 Å². The largest absolute Gasteiger partial charge is 0.473 e. The van der Waals surface area contributed by atoms with Gasteiger partial charge in [0.2, 0.25) is 0 Å². The molecule has 2 aromatic carbocycles. The van der Waals surface area contributed by atoms with Crippen LogP contribution in [0.5, 0.6) is 0 Å². The molecule has 0 aliphatic rings. The molecule has 2 rings (SSSR count). The molecule has 1 heteroatoms. The number of aryl methyl sites for hydroxylation is 2. The van der Waals surface area contributed by atoms with E-state index in [0.29, 0.717) is 11.8 Å². The van der Waals surface area contributed by atoms with E-state index in [1.807, 2.05) is 12.5 Å². The van der Waals surface area contributed by atoms with Crippen LogP contribution in [0.25, 0.3) is 0 Å². The van der Waals surface area contributed by atoms with Crippen LogP contribution in [0, 0.1) is 11.8 Å². The zero-order valence-electron chi connectivity index (χ0n) is 15.5. The van der Waals surface area contributed by atoms with Gasteiger partial charge in [-0.15, -0.1) is 0 Å². The Kier molecular flexibility index (Phi) is 8.61. The smallest absolute Gasteiger partial charge is 0.0864 e. The summed E-state index contributed by atoms with van der Waals surface area (Å²) in [6.07, 6.45) is 12.4. The fourth-order valence-electron chi connectivity index (χ4n) is 2.67. The molecule has 0 saturated carbocycles. The van der Waals surface area contributed by atoms with Crippen LogP contribution in [0.15, 0.2) is 85.3 Å². The first-order valence-electron chi connectivity index (χ1n) is 9.30. The zero-order chi connectivity index (χ0) is 17.7. The SMILES string of the molecule is CC(C=COC=CC(C)CCc1ccccc1)CCc1ccccc1. The van der Waals surface area contributed by atoms with Crippen molar-refractivity contribution in [2.45, 2.75) is 39.5 Å². The lowest BCUT2D eigenvalue weighted by atomic mass is 10.0. The summed E-state index contributed by atoms with van der Waals surface area (Å²) in [5, 5.41) is 0. The number of benzene rings is 2. The van der Waals surface area contributed by atoms with E-state index in [0.717, 1.165) is 25.7 Å². The summed E-state index contributed by atoms with van der Waals surface area (Å²) in [7, 11) is 0. The highest BCUT2D eigenvalue weighted by molar-refractivity contribution is 5.15.